The Hall–Kier alpha value is -3.84. The van der Waals surface area contributed by atoms with E-state index in [1.165, 1.54) is 0 Å². The average molecular weight is 482 g/mol. The number of hydrogen-bond acceptors (Lipinski definition) is 7. The maximum atomic E-state index is 13.8. The second-order valence-electron chi connectivity index (χ2n) is 9.82. The van der Waals surface area contributed by atoms with Crippen molar-refractivity contribution in [1.82, 2.24) is 10.1 Å². The first-order valence-electron chi connectivity index (χ1n) is 12.7. The quantitative estimate of drug-likeness (QED) is 0.349. The zero-order valence-corrected chi connectivity index (χ0v) is 21.0. The first-order chi connectivity index (χ1) is 17.5. The summed E-state index contributed by atoms with van der Waals surface area (Å²) in [4.78, 5) is 20.8. The Balaban J connectivity index is 1.48. The molecule has 0 radical (unpaired) electrons. The monoisotopic (exact) mass is 481 g/mol. The van der Waals surface area contributed by atoms with Crippen LogP contribution >= 0.6 is 0 Å². The fraction of sp³-hybridized carbons (Fsp3) is 0.310. The Bertz CT molecular complexity index is 1430. The van der Waals surface area contributed by atoms with Gasteiger partial charge in [-0.15, -0.1) is 0 Å². The van der Waals surface area contributed by atoms with Crippen molar-refractivity contribution in [2.75, 3.05) is 61.9 Å². The summed E-state index contributed by atoms with van der Waals surface area (Å²) in [6.07, 6.45) is 1.16. The third kappa shape index (κ3) is 3.71. The number of nitrogens with one attached hydrogen (secondary N) is 1. The Kier molecular flexibility index (Phi) is 5.64. The van der Waals surface area contributed by atoms with Crippen LogP contribution in [0.2, 0.25) is 0 Å². The van der Waals surface area contributed by atoms with Crippen LogP contribution in [0.5, 0.6) is 0 Å². The summed E-state index contributed by atoms with van der Waals surface area (Å²) >= 11 is 0. The van der Waals surface area contributed by atoms with E-state index in [1.54, 1.807) is 0 Å². The van der Waals surface area contributed by atoms with Crippen LogP contribution in [0.4, 0.5) is 22.7 Å². The molecule has 0 amide bonds. The fourth-order valence-corrected chi connectivity index (χ4v) is 5.41. The number of benzene rings is 3. The maximum absolute atomic E-state index is 13.8. The SMILES string of the molecule is CCCN1CCN(c2cc(Nc3ccc(N(C)C)cc3)c3c4c(onc24)-c2ccccc2C3=O)CC1. The van der Waals surface area contributed by atoms with Crippen molar-refractivity contribution in [2.45, 2.75) is 13.3 Å². The summed E-state index contributed by atoms with van der Waals surface area (Å²) in [5.41, 5.74) is 6.70. The molecule has 0 atom stereocenters. The molecule has 1 saturated heterocycles. The molecule has 4 aromatic rings. The molecule has 184 valence electrons. The molecule has 0 unspecified atom stereocenters. The van der Waals surface area contributed by atoms with Gasteiger partial charge < -0.3 is 19.6 Å². The lowest BCUT2D eigenvalue weighted by atomic mass is 9.86. The van der Waals surface area contributed by atoms with Gasteiger partial charge in [0.25, 0.3) is 0 Å². The van der Waals surface area contributed by atoms with E-state index in [2.05, 4.69) is 50.3 Å². The molecule has 1 aliphatic carbocycles. The highest BCUT2D eigenvalue weighted by Gasteiger charge is 2.34. The van der Waals surface area contributed by atoms with Crippen molar-refractivity contribution in [3.63, 3.8) is 0 Å². The minimum atomic E-state index is -0.00183. The number of nitrogens with zero attached hydrogens (tertiary/aromatic N) is 4. The van der Waals surface area contributed by atoms with Crippen molar-refractivity contribution in [3.8, 4) is 11.3 Å². The third-order valence-corrected chi connectivity index (χ3v) is 7.29. The van der Waals surface area contributed by atoms with Crippen LogP contribution in [0.3, 0.4) is 0 Å². The number of ketones is 1. The number of fused-ring (bicyclic) bond motifs is 2. The highest BCUT2D eigenvalue weighted by molar-refractivity contribution is 6.28. The Morgan fingerprint density at radius 1 is 1.00 bits per heavy atom. The molecule has 1 aromatic heterocycles. The van der Waals surface area contributed by atoms with Crippen molar-refractivity contribution in [3.05, 3.63) is 65.7 Å². The van der Waals surface area contributed by atoms with Crippen LogP contribution in [-0.2, 0) is 0 Å². The second kappa shape index (κ2) is 8.99. The molecule has 7 heteroatoms. The van der Waals surface area contributed by atoms with E-state index in [0.717, 1.165) is 78.4 Å². The zero-order chi connectivity index (χ0) is 24.8. The summed E-state index contributed by atoms with van der Waals surface area (Å²) in [7, 11) is 4.05. The molecule has 3 aromatic carbocycles. The lowest BCUT2D eigenvalue weighted by Crippen LogP contribution is -2.46. The molecule has 1 aliphatic heterocycles. The molecule has 0 saturated carbocycles. The van der Waals surface area contributed by atoms with E-state index in [0.29, 0.717) is 16.9 Å². The Labute approximate surface area is 211 Å². The van der Waals surface area contributed by atoms with E-state index in [9.17, 15) is 4.79 Å². The van der Waals surface area contributed by atoms with Gasteiger partial charge in [-0.05, 0) is 43.3 Å². The lowest BCUT2D eigenvalue weighted by Gasteiger charge is -2.36. The van der Waals surface area contributed by atoms with Crippen molar-refractivity contribution in [1.29, 1.82) is 0 Å². The second-order valence-corrected chi connectivity index (χ2v) is 9.82. The van der Waals surface area contributed by atoms with E-state index in [1.807, 2.05) is 50.5 Å². The van der Waals surface area contributed by atoms with E-state index in [-0.39, 0.29) is 5.78 Å². The molecule has 7 nitrogen and oxygen atoms in total. The smallest absolute Gasteiger partial charge is 0.196 e. The molecule has 6 rings (SSSR count). The van der Waals surface area contributed by atoms with Gasteiger partial charge >= 0.3 is 0 Å². The first-order valence-corrected chi connectivity index (χ1v) is 12.7. The molecular weight excluding hydrogens is 450 g/mol. The van der Waals surface area contributed by atoms with Crippen LogP contribution < -0.4 is 15.1 Å². The zero-order valence-electron chi connectivity index (χ0n) is 21.0. The standard InChI is InChI=1S/C29H31N5O2/c1-4-13-33-14-16-34(17-15-33)24-18-23(30-19-9-11-20(12-10-19)32(2)3)25-26-27(24)31-36-29(26)22-8-6-5-7-21(22)28(25)35/h5-12,18,30H,4,13-17H2,1-3H3. The van der Waals surface area contributed by atoms with E-state index in [4.69, 9.17) is 4.52 Å². The summed E-state index contributed by atoms with van der Waals surface area (Å²) in [6.45, 7) is 7.20. The highest BCUT2D eigenvalue weighted by Crippen LogP contribution is 2.46. The molecule has 0 bridgehead atoms. The number of anilines is 4. The van der Waals surface area contributed by atoms with Crippen molar-refractivity contribution in [2.24, 2.45) is 0 Å². The Morgan fingerprint density at radius 3 is 2.42 bits per heavy atom. The van der Waals surface area contributed by atoms with Gasteiger partial charge in [-0.1, -0.05) is 36.3 Å². The number of carbonyl (C=O) groups excluding carboxylic acids is 1. The van der Waals surface area contributed by atoms with Gasteiger partial charge in [-0.25, -0.2) is 0 Å². The van der Waals surface area contributed by atoms with Crippen molar-refractivity contribution >= 4 is 39.4 Å². The molecule has 1 fully saturated rings. The van der Waals surface area contributed by atoms with Crippen LogP contribution in [0.15, 0.2) is 59.1 Å². The van der Waals surface area contributed by atoms with E-state index < -0.39 is 0 Å². The number of piperazine rings is 1. The minimum Gasteiger partial charge on any atom is -0.378 e. The number of carbonyl (C=O) groups is 1. The number of hydrogen-bond donors (Lipinski definition) is 1. The molecule has 2 heterocycles. The third-order valence-electron chi connectivity index (χ3n) is 7.29. The van der Waals surface area contributed by atoms with Gasteiger partial charge in [0, 0.05) is 62.8 Å². The molecule has 1 N–H and O–H groups in total. The minimum absolute atomic E-state index is 0.00183. The predicted molar refractivity (Wildman–Crippen MR) is 146 cm³/mol. The van der Waals surface area contributed by atoms with Crippen LogP contribution in [0.1, 0.15) is 29.3 Å². The van der Waals surface area contributed by atoms with Gasteiger partial charge in [0.1, 0.15) is 5.52 Å². The fourth-order valence-electron chi connectivity index (χ4n) is 5.41. The van der Waals surface area contributed by atoms with Crippen LogP contribution in [0, 0.1) is 0 Å². The van der Waals surface area contributed by atoms with E-state index >= 15 is 0 Å². The van der Waals surface area contributed by atoms with Gasteiger partial charge in [0.15, 0.2) is 11.5 Å². The largest absolute Gasteiger partial charge is 0.378 e. The van der Waals surface area contributed by atoms with Crippen LogP contribution in [0.25, 0.3) is 22.2 Å². The molecular formula is C29H31N5O2. The molecule has 0 spiro atoms. The number of rotatable bonds is 6. The topological polar surface area (TPSA) is 64.8 Å². The summed E-state index contributed by atoms with van der Waals surface area (Å²) < 4.78 is 5.94. The van der Waals surface area contributed by atoms with Gasteiger partial charge in [0.05, 0.1) is 22.3 Å². The summed E-state index contributed by atoms with van der Waals surface area (Å²) in [5.74, 6) is 0.672. The summed E-state index contributed by atoms with van der Waals surface area (Å²) in [6, 6.07) is 18.0. The predicted octanol–water partition coefficient (Wildman–Crippen LogP) is 5.38. The lowest BCUT2D eigenvalue weighted by molar-refractivity contribution is 0.104. The number of aromatic nitrogens is 1. The Morgan fingerprint density at radius 2 is 1.72 bits per heavy atom. The van der Waals surface area contributed by atoms with Gasteiger partial charge in [-0.2, -0.15) is 0 Å². The molecule has 36 heavy (non-hydrogen) atoms. The average Bonchev–Trinajstić information content (AvgIpc) is 3.34. The molecule has 2 aliphatic rings. The normalized spacial score (nSPS) is 15.3. The first kappa shape index (κ1) is 22.6. The summed E-state index contributed by atoms with van der Waals surface area (Å²) in [5, 5.41) is 8.88. The van der Waals surface area contributed by atoms with Crippen LogP contribution in [-0.4, -0.2) is 62.7 Å². The van der Waals surface area contributed by atoms with Gasteiger partial charge in [-0.3, -0.25) is 9.69 Å². The highest BCUT2D eigenvalue weighted by atomic mass is 16.5. The van der Waals surface area contributed by atoms with Crippen molar-refractivity contribution < 1.29 is 9.32 Å². The van der Waals surface area contributed by atoms with Gasteiger partial charge in [0.2, 0.25) is 0 Å². The maximum Gasteiger partial charge on any atom is 0.196 e.